The maximum atomic E-state index is 12.3. The fourth-order valence-corrected chi connectivity index (χ4v) is 4.05. The molecule has 0 heterocycles. The van der Waals surface area contributed by atoms with Crippen molar-refractivity contribution in [3.8, 4) is 5.75 Å². The summed E-state index contributed by atoms with van der Waals surface area (Å²) in [4.78, 5) is 24.1. The number of rotatable bonds is 10. The van der Waals surface area contributed by atoms with E-state index in [2.05, 4.69) is 6.92 Å². The van der Waals surface area contributed by atoms with Crippen molar-refractivity contribution in [3.63, 3.8) is 0 Å². The van der Waals surface area contributed by atoms with Gasteiger partial charge in [-0.15, -0.1) is 0 Å². The largest absolute Gasteiger partial charge is 0.494 e. The van der Waals surface area contributed by atoms with Crippen LogP contribution in [-0.2, 0) is 16.0 Å². The van der Waals surface area contributed by atoms with Crippen LogP contribution in [0.15, 0.2) is 41.5 Å². The third-order valence-electron chi connectivity index (χ3n) is 5.67. The summed E-state index contributed by atoms with van der Waals surface area (Å²) in [6.07, 6.45) is 7.05. The van der Waals surface area contributed by atoms with Crippen LogP contribution in [0.4, 0.5) is 0 Å². The third-order valence-corrected chi connectivity index (χ3v) is 6.02. The van der Waals surface area contributed by atoms with Crippen LogP contribution in [0.2, 0.25) is 5.02 Å². The second-order valence-electron chi connectivity index (χ2n) is 7.48. The number of carboxylic acid groups (broad SMARTS) is 2. The Morgan fingerprint density at radius 1 is 1.21 bits per heavy atom. The van der Waals surface area contributed by atoms with E-state index in [0.717, 1.165) is 19.3 Å². The van der Waals surface area contributed by atoms with E-state index in [4.69, 9.17) is 16.3 Å². The highest BCUT2D eigenvalue weighted by atomic mass is 35.5. The van der Waals surface area contributed by atoms with Crippen LogP contribution < -0.4 is 4.74 Å². The molecule has 2 N–H and O–H groups in total. The first-order valence-electron chi connectivity index (χ1n) is 10.1. The number of benzene rings is 1. The van der Waals surface area contributed by atoms with Crippen molar-refractivity contribution >= 4 is 23.5 Å². The van der Waals surface area contributed by atoms with Gasteiger partial charge >= 0.3 is 11.9 Å². The lowest BCUT2D eigenvalue weighted by Crippen LogP contribution is -2.42. The van der Waals surface area contributed by atoms with Gasteiger partial charge in [0, 0.05) is 16.5 Å². The second-order valence-corrected chi connectivity index (χ2v) is 7.89. The molecule has 5 nitrogen and oxygen atoms in total. The minimum absolute atomic E-state index is 0.0999. The molecule has 0 aromatic heterocycles. The minimum Gasteiger partial charge on any atom is -0.494 e. The molecule has 0 saturated carbocycles. The zero-order valence-corrected chi connectivity index (χ0v) is 18.0. The maximum absolute atomic E-state index is 12.3. The van der Waals surface area contributed by atoms with Gasteiger partial charge in [0.25, 0.3) is 0 Å². The molecule has 2 rings (SSSR count). The van der Waals surface area contributed by atoms with Crippen molar-refractivity contribution in [2.24, 2.45) is 11.3 Å². The van der Waals surface area contributed by atoms with Crippen molar-refractivity contribution in [1.29, 1.82) is 0 Å². The summed E-state index contributed by atoms with van der Waals surface area (Å²) in [6, 6.07) is 5.24. The number of unbranched alkanes of at least 4 members (excludes halogenated alkanes) is 2. The summed E-state index contributed by atoms with van der Waals surface area (Å²) < 4.78 is 5.70. The Balaban J connectivity index is 2.30. The maximum Gasteiger partial charge on any atom is 0.332 e. The Morgan fingerprint density at radius 3 is 2.48 bits per heavy atom. The molecular formula is C23H29ClO5. The molecule has 0 spiro atoms. The summed E-state index contributed by atoms with van der Waals surface area (Å²) >= 11 is 6.43. The van der Waals surface area contributed by atoms with E-state index in [9.17, 15) is 19.8 Å². The van der Waals surface area contributed by atoms with Crippen molar-refractivity contribution < 1.29 is 24.5 Å². The first-order chi connectivity index (χ1) is 13.8. The van der Waals surface area contributed by atoms with Crippen LogP contribution in [0.25, 0.3) is 0 Å². The van der Waals surface area contributed by atoms with Gasteiger partial charge in [-0.1, -0.05) is 63.4 Å². The molecule has 29 heavy (non-hydrogen) atoms. The van der Waals surface area contributed by atoms with Crippen molar-refractivity contribution in [3.05, 3.63) is 52.1 Å². The van der Waals surface area contributed by atoms with Crippen LogP contribution in [0.5, 0.6) is 5.75 Å². The first-order valence-corrected chi connectivity index (χ1v) is 10.4. The molecule has 1 aliphatic carbocycles. The molecule has 0 fully saturated rings. The molecule has 0 aliphatic heterocycles. The van der Waals surface area contributed by atoms with E-state index in [1.165, 1.54) is 0 Å². The lowest BCUT2D eigenvalue weighted by molar-refractivity contribution is -0.148. The number of hydrogen-bond donors (Lipinski definition) is 2. The Bertz CT molecular complexity index is 827. The van der Waals surface area contributed by atoms with Gasteiger partial charge < -0.3 is 14.9 Å². The Kier molecular flexibility index (Phi) is 7.91. The third kappa shape index (κ3) is 5.02. The molecular weight excluding hydrogens is 392 g/mol. The number of halogens is 1. The van der Waals surface area contributed by atoms with Crippen LogP contribution in [0.3, 0.4) is 0 Å². The standard InChI is InChI=1S/C23H29ClO5/c1-4-6-7-12-29-18-9-8-17(19(24)13-18)14-23(22(27)28)11-10-16(5-2)20(15(23)3)21(25)26/h8-11,13,15H,4-7,12,14H2,1-3H3,(H,25,26)(H,27,28). The van der Waals surface area contributed by atoms with E-state index in [1.807, 2.05) is 6.92 Å². The number of allylic oxidation sites excluding steroid dienone is 2. The van der Waals surface area contributed by atoms with E-state index in [1.54, 1.807) is 37.3 Å². The summed E-state index contributed by atoms with van der Waals surface area (Å²) in [5, 5.41) is 20.1. The van der Waals surface area contributed by atoms with Gasteiger partial charge in [-0.3, -0.25) is 4.79 Å². The van der Waals surface area contributed by atoms with Gasteiger partial charge in [-0.05, 0) is 42.5 Å². The number of carbonyl (C=O) groups is 2. The van der Waals surface area contributed by atoms with Crippen molar-refractivity contribution in [1.82, 2.24) is 0 Å². The highest BCUT2D eigenvalue weighted by molar-refractivity contribution is 6.31. The summed E-state index contributed by atoms with van der Waals surface area (Å²) in [5.41, 5.74) is 0.0869. The van der Waals surface area contributed by atoms with Crippen molar-refractivity contribution in [2.75, 3.05) is 6.61 Å². The van der Waals surface area contributed by atoms with Crippen LogP contribution in [0, 0.1) is 11.3 Å². The molecule has 0 saturated heterocycles. The fraction of sp³-hybridized carbons (Fsp3) is 0.478. The molecule has 6 heteroatoms. The molecule has 0 bridgehead atoms. The second kappa shape index (κ2) is 9.97. The topological polar surface area (TPSA) is 83.8 Å². The molecule has 158 valence electrons. The normalized spacial score (nSPS) is 21.3. The predicted octanol–water partition coefficient (Wildman–Crippen LogP) is 5.52. The van der Waals surface area contributed by atoms with Gasteiger partial charge in [0.15, 0.2) is 0 Å². The highest BCUT2D eigenvalue weighted by Crippen LogP contribution is 2.44. The van der Waals surface area contributed by atoms with E-state index < -0.39 is 23.3 Å². The Hall–Kier alpha value is -2.27. The Labute approximate surface area is 177 Å². The van der Waals surface area contributed by atoms with Gasteiger partial charge in [-0.25, -0.2) is 4.79 Å². The zero-order valence-electron chi connectivity index (χ0n) is 17.2. The number of aliphatic carboxylic acids is 2. The average Bonchev–Trinajstić information content (AvgIpc) is 2.67. The quantitative estimate of drug-likeness (QED) is 0.487. The number of carboxylic acids is 2. The summed E-state index contributed by atoms with van der Waals surface area (Å²) in [6.45, 7) is 6.25. The van der Waals surface area contributed by atoms with E-state index in [0.29, 0.717) is 34.9 Å². The average molecular weight is 421 g/mol. The van der Waals surface area contributed by atoms with Gasteiger partial charge in [-0.2, -0.15) is 0 Å². The van der Waals surface area contributed by atoms with E-state index >= 15 is 0 Å². The molecule has 0 amide bonds. The molecule has 1 aromatic carbocycles. The monoisotopic (exact) mass is 420 g/mol. The highest BCUT2D eigenvalue weighted by Gasteiger charge is 2.47. The lowest BCUT2D eigenvalue weighted by Gasteiger charge is -2.37. The number of hydrogen-bond acceptors (Lipinski definition) is 3. The van der Waals surface area contributed by atoms with Crippen LogP contribution in [0.1, 0.15) is 52.0 Å². The van der Waals surface area contributed by atoms with Gasteiger partial charge in [0.1, 0.15) is 5.75 Å². The van der Waals surface area contributed by atoms with Crippen molar-refractivity contribution in [2.45, 2.75) is 52.9 Å². The zero-order chi connectivity index (χ0) is 21.6. The number of ether oxygens (including phenoxy) is 1. The summed E-state index contributed by atoms with van der Waals surface area (Å²) in [5.74, 6) is -2.19. The molecule has 2 atom stereocenters. The summed E-state index contributed by atoms with van der Waals surface area (Å²) in [7, 11) is 0. The predicted molar refractivity (Wildman–Crippen MR) is 114 cm³/mol. The molecule has 1 aromatic rings. The lowest BCUT2D eigenvalue weighted by atomic mass is 9.65. The smallest absolute Gasteiger partial charge is 0.332 e. The minimum atomic E-state index is -1.38. The molecule has 1 aliphatic rings. The first kappa shape index (κ1) is 23.0. The molecule has 0 radical (unpaired) electrons. The fourth-order valence-electron chi connectivity index (χ4n) is 3.81. The Morgan fingerprint density at radius 2 is 1.93 bits per heavy atom. The SMILES string of the molecule is CCCCCOc1ccc(CC2(C(=O)O)C=CC(CC)=C(C(=O)O)C2C)c(Cl)c1. The van der Waals surface area contributed by atoms with Crippen LogP contribution in [-0.4, -0.2) is 28.8 Å². The van der Waals surface area contributed by atoms with E-state index in [-0.39, 0.29) is 12.0 Å². The van der Waals surface area contributed by atoms with Gasteiger partial charge in [0.2, 0.25) is 0 Å². The van der Waals surface area contributed by atoms with Gasteiger partial charge in [0.05, 0.1) is 12.0 Å². The van der Waals surface area contributed by atoms with Crippen LogP contribution >= 0.6 is 11.6 Å². The molecule has 2 unspecified atom stereocenters.